The monoisotopic (exact) mass is 294 g/mol. The number of amides is 1. The van der Waals surface area contributed by atoms with Crippen LogP contribution in [-0.2, 0) is 6.42 Å². The Bertz CT molecular complexity index is 741. The minimum absolute atomic E-state index is 0.148. The molecular weight excluding hydrogens is 280 g/mol. The lowest BCUT2D eigenvalue weighted by molar-refractivity contribution is 0.0953. The van der Waals surface area contributed by atoms with Crippen LogP contribution in [0.2, 0.25) is 0 Å². The Kier molecular flexibility index (Phi) is 4.20. The van der Waals surface area contributed by atoms with Crippen LogP contribution in [0.15, 0.2) is 59.3 Å². The summed E-state index contributed by atoms with van der Waals surface area (Å²) >= 11 is 0. The zero-order valence-electron chi connectivity index (χ0n) is 11.8. The fraction of sp³-hybridized carbons (Fsp3) is 0.125. The van der Waals surface area contributed by atoms with Gasteiger partial charge < -0.3 is 9.73 Å². The van der Waals surface area contributed by atoms with Crippen molar-refractivity contribution in [3.05, 3.63) is 66.3 Å². The number of rotatable bonds is 5. The van der Waals surface area contributed by atoms with Crippen molar-refractivity contribution in [2.75, 3.05) is 6.54 Å². The van der Waals surface area contributed by atoms with E-state index in [1.807, 2.05) is 30.3 Å². The molecule has 0 radical (unpaired) electrons. The molecule has 0 bridgehead atoms. The molecule has 2 heterocycles. The van der Waals surface area contributed by atoms with E-state index in [2.05, 4.69) is 20.5 Å². The first-order chi connectivity index (χ1) is 10.8. The molecule has 0 saturated heterocycles. The second-order valence-corrected chi connectivity index (χ2v) is 4.61. The van der Waals surface area contributed by atoms with Gasteiger partial charge in [-0.05, 0) is 24.3 Å². The Hall–Kier alpha value is -3.02. The summed E-state index contributed by atoms with van der Waals surface area (Å²) in [6.45, 7) is 0.428. The highest BCUT2D eigenvalue weighted by Gasteiger charge is 2.09. The van der Waals surface area contributed by atoms with E-state index in [0.717, 1.165) is 5.56 Å². The molecule has 6 nitrogen and oxygen atoms in total. The van der Waals surface area contributed by atoms with Gasteiger partial charge in [0.25, 0.3) is 5.91 Å². The molecule has 1 N–H and O–H groups in total. The zero-order chi connectivity index (χ0) is 15.2. The molecule has 0 aliphatic heterocycles. The molecule has 6 heteroatoms. The van der Waals surface area contributed by atoms with E-state index in [0.29, 0.717) is 30.3 Å². The summed E-state index contributed by atoms with van der Waals surface area (Å²) < 4.78 is 5.57. The molecule has 3 rings (SSSR count). The van der Waals surface area contributed by atoms with E-state index in [9.17, 15) is 4.79 Å². The summed E-state index contributed by atoms with van der Waals surface area (Å²) in [5.41, 5.74) is 1.45. The highest BCUT2D eigenvalue weighted by atomic mass is 16.4. The maximum Gasteiger partial charge on any atom is 0.251 e. The lowest BCUT2D eigenvalue weighted by atomic mass is 10.2. The third kappa shape index (κ3) is 3.35. The minimum Gasteiger partial charge on any atom is -0.421 e. The van der Waals surface area contributed by atoms with Gasteiger partial charge in [-0.2, -0.15) is 0 Å². The van der Waals surface area contributed by atoms with Crippen LogP contribution >= 0.6 is 0 Å². The third-order valence-corrected chi connectivity index (χ3v) is 3.05. The molecule has 22 heavy (non-hydrogen) atoms. The van der Waals surface area contributed by atoms with Gasteiger partial charge in [0.05, 0.1) is 0 Å². The van der Waals surface area contributed by atoms with E-state index in [1.54, 1.807) is 24.5 Å². The van der Waals surface area contributed by atoms with Gasteiger partial charge in [0.2, 0.25) is 11.8 Å². The molecule has 0 saturated carbocycles. The molecule has 110 valence electrons. The van der Waals surface area contributed by atoms with Crippen molar-refractivity contribution < 1.29 is 9.21 Å². The van der Waals surface area contributed by atoms with Crippen LogP contribution in [-0.4, -0.2) is 27.6 Å². The summed E-state index contributed by atoms with van der Waals surface area (Å²) in [5.74, 6) is 0.829. The Morgan fingerprint density at radius 1 is 1.05 bits per heavy atom. The zero-order valence-corrected chi connectivity index (χ0v) is 11.8. The third-order valence-electron chi connectivity index (χ3n) is 3.05. The largest absolute Gasteiger partial charge is 0.421 e. The number of pyridine rings is 1. The fourth-order valence-corrected chi connectivity index (χ4v) is 1.94. The van der Waals surface area contributed by atoms with E-state index in [1.165, 1.54) is 0 Å². The van der Waals surface area contributed by atoms with Crippen LogP contribution in [0.25, 0.3) is 11.5 Å². The molecule has 0 atom stereocenters. The van der Waals surface area contributed by atoms with Crippen molar-refractivity contribution >= 4 is 5.91 Å². The van der Waals surface area contributed by atoms with Crippen molar-refractivity contribution in [2.24, 2.45) is 0 Å². The van der Waals surface area contributed by atoms with Crippen molar-refractivity contribution in [3.63, 3.8) is 0 Å². The number of carbonyl (C=O) groups excluding carboxylic acids is 1. The van der Waals surface area contributed by atoms with Gasteiger partial charge in [0.1, 0.15) is 0 Å². The highest BCUT2D eigenvalue weighted by Crippen LogP contribution is 2.16. The number of hydrogen-bond donors (Lipinski definition) is 1. The number of benzene rings is 1. The Labute approximate surface area is 127 Å². The summed E-state index contributed by atoms with van der Waals surface area (Å²) in [4.78, 5) is 15.7. The molecule has 3 aromatic rings. The molecule has 2 aromatic heterocycles. The van der Waals surface area contributed by atoms with Crippen LogP contribution < -0.4 is 5.32 Å². The minimum atomic E-state index is -0.148. The van der Waals surface area contributed by atoms with Crippen LogP contribution in [0.3, 0.4) is 0 Å². The van der Waals surface area contributed by atoms with Crippen LogP contribution in [0.4, 0.5) is 0 Å². The SMILES string of the molecule is O=C(NCCc1nnc(-c2ccccc2)o1)c1ccncc1. The van der Waals surface area contributed by atoms with E-state index in [-0.39, 0.29) is 5.91 Å². The average Bonchev–Trinajstić information content (AvgIpc) is 3.05. The first kappa shape index (κ1) is 13.9. The normalized spacial score (nSPS) is 10.4. The van der Waals surface area contributed by atoms with Crippen molar-refractivity contribution in [1.82, 2.24) is 20.5 Å². The summed E-state index contributed by atoms with van der Waals surface area (Å²) in [5, 5.41) is 10.8. The quantitative estimate of drug-likeness (QED) is 0.779. The lowest BCUT2D eigenvalue weighted by Gasteiger charge is -2.02. The predicted molar refractivity (Wildman–Crippen MR) is 80.0 cm³/mol. The molecule has 0 unspecified atom stereocenters. The Morgan fingerprint density at radius 2 is 1.82 bits per heavy atom. The summed E-state index contributed by atoms with van der Waals surface area (Å²) in [6, 6.07) is 12.9. The lowest BCUT2D eigenvalue weighted by Crippen LogP contribution is -2.25. The van der Waals surface area contributed by atoms with Gasteiger partial charge in [-0.15, -0.1) is 10.2 Å². The number of nitrogens with one attached hydrogen (secondary N) is 1. The van der Waals surface area contributed by atoms with Gasteiger partial charge in [0.15, 0.2) is 0 Å². The average molecular weight is 294 g/mol. The van der Waals surface area contributed by atoms with Crippen LogP contribution in [0.1, 0.15) is 16.2 Å². The second-order valence-electron chi connectivity index (χ2n) is 4.61. The molecule has 0 fully saturated rings. The van der Waals surface area contributed by atoms with Gasteiger partial charge in [-0.25, -0.2) is 0 Å². The number of aromatic nitrogens is 3. The van der Waals surface area contributed by atoms with Crippen LogP contribution in [0, 0.1) is 0 Å². The van der Waals surface area contributed by atoms with E-state index >= 15 is 0 Å². The maximum atomic E-state index is 11.9. The molecule has 1 aromatic carbocycles. The molecule has 0 aliphatic carbocycles. The fourth-order valence-electron chi connectivity index (χ4n) is 1.94. The standard InChI is InChI=1S/C16H14N4O2/c21-15(12-6-9-17-10-7-12)18-11-8-14-19-20-16(22-14)13-4-2-1-3-5-13/h1-7,9-10H,8,11H2,(H,18,21). The smallest absolute Gasteiger partial charge is 0.251 e. The second kappa shape index (κ2) is 6.62. The van der Waals surface area contributed by atoms with Gasteiger partial charge >= 0.3 is 0 Å². The highest BCUT2D eigenvalue weighted by molar-refractivity contribution is 5.93. The van der Waals surface area contributed by atoms with Gasteiger partial charge in [0, 0.05) is 36.5 Å². The van der Waals surface area contributed by atoms with Gasteiger partial charge in [-0.1, -0.05) is 18.2 Å². The predicted octanol–water partition coefficient (Wildman–Crippen LogP) is 2.10. The summed E-state index contributed by atoms with van der Waals surface area (Å²) in [6.07, 6.45) is 3.65. The molecule has 0 aliphatic rings. The number of nitrogens with zero attached hydrogens (tertiary/aromatic N) is 3. The molecule has 0 spiro atoms. The van der Waals surface area contributed by atoms with Gasteiger partial charge in [-0.3, -0.25) is 9.78 Å². The van der Waals surface area contributed by atoms with E-state index in [4.69, 9.17) is 4.42 Å². The molecular formula is C16H14N4O2. The molecule has 1 amide bonds. The Morgan fingerprint density at radius 3 is 2.59 bits per heavy atom. The van der Waals surface area contributed by atoms with E-state index < -0.39 is 0 Å². The number of hydrogen-bond acceptors (Lipinski definition) is 5. The van der Waals surface area contributed by atoms with Crippen molar-refractivity contribution in [3.8, 4) is 11.5 Å². The first-order valence-electron chi connectivity index (χ1n) is 6.89. The first-order valence-corrected chi connectivity index (χ1v) is 6.89. The van der Waals surface area contributed by atoms with Crippen LogP contribution in [0.5, 0.6) is 0 Å². The van der Waals surface area contributed by atoms with Crippen molar-refractivity contribution in [1.29, 1.82) is 0 Å². The number of carbonyl (C=O) groups is 1. The summed E-state index contributed by atoms with van der Waals surface area (Å²) in [7, 11) is 0. The van der Waals surface area contributed by atoms with Crippen molar-refractivity contribution in [2.45, 2.75) is 6.42 Å². The maximum absolute atomic E-state index is 11.9. The topological polar surface area (TPSA) is 80.9 Å². The Balaban J connectivity index is 1.55.